The molecule has 6 nitrogen and oxygen atoms in total. The van der Waals surface area contributed by atoms with Gasteiger partial charge in [0.1, 0.15) is 0 Å². The Bertz CT molecular complexity index is 318. The molecule has 1 saturated heterocycles. The lowest BCUT2D eigenvalue weighted by molar-refractivity contribution is -0.142. The van der Waals surface area contributed by atoms with Crippen molar-refractivity contribution in [3.8, 4) is 0 Å². The number of hydrogen-bond donors (Lipinski definition) is 2. The molecule has 0 aromatic carbocycles. The van der Waals surface area contributed by atoms with Crippen LogP contribution in [0.3, 0.4) is 0 Å². The highest BCUT2D eigenvalue weighted by atomic mass is 16.5. The molecule has 1 aliphatic rings. The first-order valence-electron chi connectivity index (χ1n) is 5.59. The van der Waals surface area contributed by atoms with E-state index in [0.717, 1.165) is 6.08 Å². The number of nitrogens with zero attached hydrogens (tertiary/aromatic N) is 1. The standard InChI is InChI=1S/C11H17NO5/c1-2-17-11(16)9(14)7-10(15)12-5-3-8(13)4-6-12/h7-8,13-14H,2-6H2,1H3/b9-7-. The number of hydrogen-bond acceptors (Lipinski definition) is 5. The molecular formula is C11H17NO5. The summed E-state index contributed by atoms with van der Waals surface area (Å²) in [6.07, 6.45) is 1.51. The number of aliphatic hydroxyl groups is 2. The van der Waals surface area contributed by atoms with E-state index < -0.39 is 17.6 Å². The number of ether oxygens (including phenoxy) is 1. The molecule has 0 bridgehead atoms. The molecule has 1 heterocycles. The highest BCUT2D eigenvalue weighted by Gasteiger charge is 2.21. The quantitative estimate of drug-likeness (QED) is 0.413. The lowest BCUT2D eigenvalue weighted by Crippen LogP contribution is -2.39. The average Bonchev–Trinajstić information content (AvgIpc) is 2.30. The van der Waals surface area contributed by atoms with Crippen molar-refractivity contribution < 1.29 is 24.5 Å². The van der Waals surface area contributed by atoms with Crippen LogP contribution < -0.4 is 0 Å². The molecule has 1 amide bonds. The summed E-state index contributed by atoms with van der Waals surface area (Å²) in [5.41, 5.74) is 0. The van der Waals surface area contributed by atoms with Crippen molar-refractivity contribution in [1.29, 1.82) is 0 Å². The van der Waals surface area contributed by atoms with E-state index in [4.69, 9.17) is 0 Å². The van der Waals surface area contributed by atoms with Crippen LogP contribution in [-0.2, 0) is 14.3 Å². The molecule has 0 spiro atoms. The van der Waals surface area contributed by atoms with E-state index in [-0.39, 0.29) is 12.7 Å². The van der Waals surface area contributed by atoms with E-state index in [1.807, 2.05) is 0 Å². The van der Waals surface area contributed by atoms with Gasteiger partial charge in [-0.2, -0.15) is 0 Å². The molecule has 1 rings (SSSR count). The lowest BCUT2D eigenvalue weighted by atomic mass is 10.1. The number of aliphatic hydroxyl groups excluding tert-OH is 2. The first kappa shape index (κ1) is 13.5. The van der Waals surface area contributed by atoms with Gasteiger partial charge in [0, 0.05) is 13.1 Å². The maximum Gasteiger partial charge on any atom is 0.373 e. The van der Waals surface area contributed by atoms with Crippen LogP contribution in [0.25, 0.3) is 0 Å². The van der Waals surface area contributed by atoms with Crippen LogP contribution in [0, 0.1) is 0 Å². The topological polar surface area (TPSA) is 87.1 Å². The monoisotopic (exact) mass is 243 g/mol. The third-order valence-corrected chi connectivity index (χ3v) is 2.52. The molecule has 1 aliphatic heterocycles. The SMILES string of the molecule is CCOC(=O)/C(O)=C/C(=O)N1CCC(O)CC1. The van der Waals surface area contributed by atoms with Crippen LogP contribution in [-0.4, -0.2) is 52.8 Å². The normalized spacial score (nSPS) is 18.0. The third-order valence-electron chi connectivity index (χ3n) is 2.52. The zero-order valence-electron chi connectivity index (χ0n) is 9.76. The number of amides is 1. The van der Waals surface area contributed by atoms with Crippen molar-refractivity contribution in [1.82, 2.24) is 4.90 Å². The Morgan fingerprint density at radius 3 is 2.53 bits per heavy atom. The Morgan fingerprint density at radius 2 is 2.00 bits per heavy atom. The third kappa shape index (κ3) is 4.07. The van der Waals surface area contributed by atoms with Crippen LogP contribution in [0.1, 0.15) is 19.8 Å². The fraction of sp³-hybridized carbons (Fsp3) is 0.636. The summed E-state index contributed by atoms with van der Waals surface area (Å²) in [6, 6.07) is 0. The summed E-state index contributed by atoms with van der Waals surface area (Å²) >= 11 is 0. The van der Waals surface area contributed by atoms with Crippen molar-refractivity contribution in [2.45, 2.75) is 25.9 Å². The van der Waals surface area contributed by atoms with Crippen molar-refractivity contribution in [2.75, 3.05) is 19.7 Å². The van der Waals surface area contributed by atoms with Crippen LogP contribution in [0.2, 0.25) is 0 Å². The van der Waals surface area contributed by atoms with Crippen molar-refractivity contribution in [3.05, 3.63) is 11.8 Å². The van der Waals surface area contributed by atoms with E-state index in [1.54, 1.807) is 6.92 Å². The van der Waals surface area contributed by atoms with Gasteiger partial charge in [-0.25, -0.2) is 4.79 Å². The molecular weight excluding hydrogens is 226 g/mol. The van der Waals surface area contributed by atoms with Gasteiger partial charge in [0.15, 0.2) is 0 Å². The van der Waals surface area contributed by atoms with E-state index in [2.05, 4.69) is 4.74 Å². The predicted octanol–water partition coefficient (Wildman–Crippen LogP) is -0.0253. The minimum atomic E-state index is -0.905. The highest BCUT2D eigenvalue weighted by Crippen LogP contribution is 2.10. The molecule has 17 heavy (non-hydrogen) atoms. The second kappa shape index (κ2) is 6.24. The second-order valence-electron chi connectivity index (χ2n) is 3.81. The number of rotatable bonds is 3. The van der Waals surface area contributed by atoms with Gasteiger partial charge in [0.25, 0.3) is 5.91 Å². The summed E-state index contributed by atoms with van der Waals surface area (Å²) in [4.78, 5) is 24.2. The van der Waals surface area contributed by atoms with Crippen molar-refractivity contribution >= 4 is 11.9 Å². The minimum Gasteiger partial charge on any atom is -0.502 e. The maximum absolute atomic E-state index is 11.6. The summed E-state index contributed by atoms with van der Waals surface area (Å²) in [6.45, 7) is 2.60. The Balaban J connectivity index is 2.53. The Morgan fingerprint density at radius 1 is 1.41 bits per heavy atom. The van der Waals surface area contributed by atoms with Gasteiger partial charge < -0.3 is 19.8 Å². The molecule has 6 heteroatoms. The van der Waals surface area contributed by atoms with Crippen LogP contribution >= 0.6 is 0 Å². The largest absolute Gasteiger partial charge is 0.502 e. The fourth-order valence-corrected chi connectivity index (χ4v) is 1.56. The minimum absolute atomic E-state index is 0.140. The van der Waals surface area contributed by atoms with E-state index in [0.29, 0.717) is 25.9 Å². The molecule has 1 fully saturated rings. The summed E-state index contributed by atoms with van der Waals surface area (Å²) in [5.74, 6) is -2.04. The van der Waals surface area contributed by atoms with Crippen LogP contribution in [0.4, 0.5) is 0 Å². The summed E-state index contributed by atoms with van der Waals surface area (Å²) < 4.78 is 4.54. The molecule has 0 atom stereocenters. The number of esters is 1. The van der Waals surface area contributed by atoms with Crippen molar-refractivity contribution in [2.24, 2.45) is 0 Å². The second-order valence-corrected chi connectivity index (χ2v) is 3.81. The van der Waals surface area contributed by atoms with Crippen molar-refractivity contribution in [3.63, 3.8) is 0 Å². The van der Waals surface area contributed by atoms with E-state index in [1.165, 1.54) is 4.90 Å². The zero-order chi connectivity index (χ0) is 12.8. The van der Waals surface area contributed by atoms with Crippen LogP contribution in [0.15, 0.2) is 11.8 Å². The maximum atomic E-state index is 11.6. The number of carbonyl (C=O) groups is 2. The molecule has 2 N–H and O–H groups in total. The number of carbonyl (C=O) groups excluding carboxylic acids is 2. The molecule has 96 valence electrons. The summed E-state index contributed by atoms with van der Waals surface area (Å²) in [7, 11) is 0. The van der Waals surface area contributed by atoms with Gasteiger partial charge in [-0.1, -0.05) is 0 Å². The van der Waals surface area contributed by atoms with Gasteiger partial charge in [-0.3, -0.25) is 4.79 Å². The Labute approximate surface area is 99.5 Å². The first-order valence-corrected chi connectivity index (χ1v) is 5.59. The predicted molar refractivity (Wildman–Crippen MR) is 59.2 cm³/mol. The van der Waals surface area contributed by atoms with Gasteiger partial charge in [0.05, 0.1) is 18.8 Å². The number of likely N-dealkylation sites (tertiary alicyclic amines) is 1. The molecule has 0 aliphatic carbocycles. The fourth-order valence-electron chi connectivity index (χ4n) is 1.56. The molecule has 0 radical (unpaired) electrons. The summed E-state index contributed by atoms with van der Waals surface area (Å²) in [5, 5.41) is 18.6. The van der Waals surface area contributed by atoms with E-state index in [9.17, 15) is 19.8 Å². The molecule has 0 aromatic rings. The highest BCUT2D eigenvalue weighted by molar-refractivity contribution is 5.96. The van der Waals surface area contributed by atoms with E-state index >= 15 is 0 Å². The van der Waals surface area contributed by atoms with Gasteiger partial charge in [-0.15, -0.1) is 0 Å². The van der Waals surface area contributed by atoms with Gasteiger partial charge in [-0.05, 0) is 19.8 Å². The zero-order valence-corrected chi connectivity index (χ0v) is 9.76. The average molecular weight is 243 g/mol. The van der Waals surface area contributed by atoms with Gasteiger partial charge >= 0.3 is 5.97 Å². The molecule has 0 unspecified atom stereocenters. The molecule has 0 aromatic heterocycles. The molecule has 0 saturated carbocycles. The van der Waals surface area contributed by atoms with Crippen LogP contribution in [0.5, 0.6) is 0 Å². The Kier molecular flexibility index (Phi) is 4.96. The lowest BCUT2D eigenvalue weighted by Gasteiger charge is -2.28. The Hall–Kier alpha value is -1.56. The van der Waals surface area contributed by atoms with Gasteiger partial charge in [0.2, 0.25) is 5.76 Å². The first-order chi connectivity index (χ1) is 8.04. The number of piperidine rings is 1. The smallest absolute Gasteiger partial charge is 0.373 e.